The zero-order chi connectivity index (χ0) is 20.5. The molecule has 2 aliphatic rings. The van der Waals surface area contributed by atoms with Crippen molar-refractivity contribution in [3.8, 4) is 0 Å². The van der Waals surface area contributed by atoms with E-state index in [1.807, 2.05) is 4.90 Å². The van der Waals surface area contributed by atoms with Crippen LogP contribution < -0.4 is 4.90 Å². The van der Waals surface area contributed by atoms with Crippen molar-refractivity contribution in [2.45, 2.75) is 6.42 Å². The van der Waals surface area contributed by atoms with Gasteiger partial charge in [0.05, 0.1) is 17.4 Å². The van der Waals surface area contributed by atoms with E-state index in [4.69, 9.17) is 0 Å². The van der Waals surface area contributed by atoms with Gasteiger partial charge in [0.1, 0.15) is 21.5 Å². The first-order valence-electron chi connectivity index (χ1n) is 9.08. The van der Waals surface area contributed by atoms with Gasteiger partial charge < -0.3 is 9.80 Å². The minimum atomic E-state index is -3.03. The summed E-state index contributed by atoms with van der Waals surface area (Å²) in [5.74, 6) is -2.58. The molecule has 2 amide bonds. The smallest absolute Gasteiger partial charge is 0.228 e. The summed E-state index contributed by atoms with van der Waals surface area (Å²) < 4.78 is 49.6. The molecule has 2 saturated heterocycles. The van der Waals surface area contributed by atoms with E-state index in [0.717, 1.165) is 6.07 Å². The Balaban J connectivity index is 1.57. The first-order chi connectivity index (χ1) is 13.1. The minimum absolute atomic E-state index is 0.00998. The number of hydrogen-bond acceptors (Lipinski definition) is 5. The van der Waals surface area contributed by atoms with Crippen molar-refractivity contribution in [2.24, 2.45) is 5.92 Å². The van der Waals surface area contributed by atoms with Crippen LogP contribution in [-0.4, -0.2) is 81.3 Å². The third-order valence-electron chi connectivity index (χ3n) is 5.14. The Morgan fingerprint density at radius 3 is 2.46 bits per heavy atom. The van der Waals surface area contributed by atoms with Gasteiger partial charge in [-0.05, 0) is 12.1 Å². The maximum absolute atomic E-state index is 14.0. The van der Waals surface area contributed by atoms with Crippen LogP contribution in [0.2, 0.25) is 0 Å². The first-order valence-corrected chi connectivity index (χ1v) is 11.1. The molecule has 0 radical (unpaired) electrons. The van der Waals surface area contributed by atoms with E-state index >= 15 is 0 Å². The fourth-order valence-electron chi connectivity index (χ4n) is 3.55. The monoisotopic (exact) mass is 415 g/mol. The summed E-state index contributed by atoms with van der Waals surface area (Å²) in [6, 6.07) is 3.00. The van der Waals surface area contributed by atoms with Crippen molar-refractivity contribution in [1.29, 1.82) is 0 Å². The van der Waals surface area contributed by atoms with Gasteiger partial charge in [0.25, 0.3) is 0 Å². The second-order valence-electron chi connectivity index (χ2n) is 7.30. The molecule has 0 bridgehead atoms. The van der Waals surface area contributed by atoms with Crippen molar-refractivity contribution >= 4 is 27.3 Å². The zero-order valence-electron chi connectivity index (χ0n) is 15.6. The molecule has 0 spiro atoms. The molecule has 1 aromatic carbocycles. The number of amides is 2. The molecule has 0 saturated carbocycles. The summed E-state index contributed by atoms with van der Waals surface area (Å²) in [5.41, 5.74) is -0.0210. The molecule has 0 aromatic heterocycles. The number of benzene rings is 1. The highest BCUT2D eigenvalue weighted by Gasteiger charge is 2.38. The molecule has 2 fully saturated rings. The Morgan fingerprint density at radius 2 is 1.86 bits per heavy atom. The van der Waals surface area contributed by atoms with Crippen LogP contribution in [0.25, 0.3) is 0 Å². The van der Waals surface area contributed by atoms with Crippen molar-refractivity contribution in [3.63, 3.8) is 0 Å². The lowest BCUT2D eigenvalue weighted by Crippen LogP contribution is -2.51. The maximum atomic E-state index is 14.0. The average Bonchev–Trinajstić information content (AvgIpc) is 3.01. The molecular weight excluding hydrogens is 392 g/mol. The molecule has 2 aliphatic heterocycles. The summed E-state index contributed by atoms with van der Waals surface area (Å²) in [7, 11) is -3.03. The van der Waals surface area contributed by atoms with E-state index in [0.29, 0.717) is 38.8 Å². The van der Waals surface area contributed by atoms with Crippen LogP contribution in [0.3, 0.4) is 0 Å². The number of halogens is 2. The van der Waals surface area contributed by atoms with Crippen LogP contribution in [0.5, 0.6) is 0 Å². The molecule has 154 valence electrons. The molecule has 0 N–H and O–H groups in total. The summed E-state index contributed by atoms with van der Waals surface area (Å²) in [5, 5.41) is 0. The lowest BCUT2D eigenvalue weighted by atomic mass is 10.1. The second-order valence-corrected chi connectivity index (χ2v) is 9.56. The largest absolute Gasteiger partial charge is 0.340 e. The third kappa shape index (κ3) is 4.85. The van der Waals surface area contributed by atoms with Gasteiger partial charge in [-0.15, -0.1) is 0 Å². The lowest BCUT2D eigenvalue weighted by molar-refractivity contribution is -0.137. The SMILES string of the molecule is CS(=O)(=O)CCN1CCN(C(=O)C2CC(=O)N(c3ccc(F)cc3F)C2)CC1. The van der Waals surface area contributed by atoms with E-state index < -0.39 is 27.4 Å². The van der Waals surface area contributed by atoms with Crippen LogP contribution in [-0.2, 0) is 19.4 Å². The molecule has 10 heteroatoms. The Labute approximate surface area is 162 Å². The maximum Gasteiger partial charge on any atom is 0.228 e. The first kappa shape index (κ1) is 20.7. The normalized spacial score (nSPS) is 21.4. The van der Waals surface area contributed by atoms with Crippen LogP contribution in [0, 0.1) is 17.6 Å². The fraction of sp³-hybridized carbons (Fsp3) is 0.556. The Hall–Kier alpha value is -2.07. The number of rotatable bonds is 5. The van der Waals surface area contributed by atoms with Crippen molar-refractivity contribution in [3.05, 3.63) is 29.8 Å². The van der Waals surface area contributed by atoms with E-state index in [1.165, 1.54) is 17.2 Å². The number of carbonyl (C=O) groups is 2. The van der Waals surface area contributed by atoms with Gasteiger partial charge in [-0.1, -0.05) is 0 Å². The van der Waals surface area contributed by atoms with Crippen molar-refractivity contribution < 1.29 is 26.8 Å². The highest BCUT2D eigenvalue weighted by atomic mass is 32.2. The standard InChI is InChI=1S/C18H23F2N3O4S/c1-28(26,27)9-8-21-4-6-22(7-5-21)18(25)13-10-17(24)23(12-13)16-3-2-14(19)11-15(16)20/h2-3,11,13H,4-10,12H2,1H3. The van der Waals surface area contributed by atoms with E-state index in [2.05, 4.69) is 0 Å². The molecule has 1 atom stereocenters. The quantitative estimate of drug-likeness (QED) is 0.700. The van der Waals surface area contributed by atoms with Crippen molar-refractivity contribution in [2.75, 3.05) is 56.2 Å². The van der Waals surface area contributed by atoms with Gasteiger partial charge in [0.15, 0.2) is 0 Å². The molecule has 2 heterocycles. The molecular formula is C18H23F2N3O4S. The van der Waals surface area contributed by atoms with E-state index in [-0.39, 0.29) is 36.2 Å². The predicted octanol–water partition coefficient (Wildman–Crippen LogP) is 0.507. The minimum Gasteiger partial charge on any atom is -0.340 e. The number of nitrogens with zero attached hydrogens (tertiary/aromatic N) is 3. The van der Waals surface area contributed by atoms with Gasteiger partial charge >= 0.3 is 0 Å². The van der Waals surface area contributed by atoms with Gasteiger partial charge in [0.2, 0.25) is 11.8 Å². The number of carbonyl (C=O) groups excluding carboxylic acids is 2. The fourth-order valence-corrected chi connectivity index (χ4v) is 4.14. The Kier molecular flexibility index (Phi) is 5.99. The average molecular weight is 415 g/mol. The molecule has 3 rings (SSSR count). The summed E-state index contributed by atoms with van der Waals surface area (Å²) in [4.78, 5) is 29.9. The highest BCUT2D eigenvalue weighted by molar-refractivity contribution is 7.90. The van der Waals surface area contributed by atoms with Crippen LogP contribution in [0.1, 0.15) is 6.42 Å². The number of piperazine rings is 1. The van der Waals surface area contributed by atoms with Crippen LogP contribution in [0.4, 0.5) is 14.5 Å². The molecule has 1 unspecified atom stereocenters. The lowest BCUT2D eigenvalue weighted by Gasteiger charge is -2.35. The number of sulfone groups is 1. The van der Waals surface area contributed by atoms with Gasteiger partial charge in [-0.3, -0.25) is 14.5 Å². The molecule has 7 nitrogen and oxygen atoms in total. The van der Waals surface area contributed by atoms with Gasteiger partial charge in [0, 0.05) is 58.0 Å². The number of anilines is 1. The Bertz CT molecular complexity index is 870. The van der Waals surface area contributed by atoms with E-state index in [9.17, 15) is 26.8 Å². The van der Waals surface area contributed by atoms with Crippen LogP contribution >= 0.6 is 0 Å². The van der Waals surface area contributed by atoms with Crippen LogP contribution in [0.15, 0.2) is 18.2 Å². The third-order valence-corrected chi connectivity index (χ3v) is 6.06. The second kappa shape index (κ2) is 8.12. The summed E-state index contributed by atoms with van der Waals surface area (Å²) in [6.45, 7) is 2.54. The predicted molar refractivity (Wildman–Crippen MR) is 99.5 cm³/mol. The van der Waals surface area contributed by atoms with Gasteiger partial charge in [-0.25, -0.2) is 17.2 Å². The number of hydrogen-bond donors (Lipinski definition) is 0. The van der Waals surface area contributed by atoms with E-state index in [1.54, 1.807) is 4.90 Å². The summed E-state index contributed by atoms with van der Waals surface area (Å²) >= 11 is 0. The highest BCUT2D eigenvalue weighted by Crippen LogP contribution is 2.29. The molecule has 1 aromatic rings. The topological polar surface area (TPSA) is 78.0 Å². The zero-order valence-corrected chi connectivity index (χ0v) is 16.4. The molecule has 0 aliphatic carbocycles. The summed E-state index contributed by atoms with van der Waals surface area (Å²) in [6.07, 6.45) is 1.18. The van der Waals surface area contributed by atoms with Gasteiger partial charge in [-0.2, -0.15) is 0 Å². The Morgan fingerprint density at radius 1 is 1.18 bits per heavy atom. The molecule has 28 heavy (non-hydrogen) atoms. The van der Waals surface area contributed by atoms with Crippen molar-refractivity contribution in [1.82, 2.24) is 9.80 Å².